The lowest BCUT2D eigenvalue weighted by molar-refractivity contribution is -0.141. The van der Waals surface area contributed by atoms with Gasteiger partial charge in [-0.05, 0) is 29.2 Å². The Morgan fingerprint density at radius 2 is 1.94 bits per heavy atom. The fourth-order valence-corrected chi connectivity index (χ4v) is 3.64. The van der Waals surface area contributed by atoms with Gasteiger partial charge in [0.25, 0.3) is 0 Å². The average molecular weight is 474 g/mol. The van der Waals surface area contributed by atoms with Crippen LogP contribution in [0.25, 0.3) is 16.9 Å². The van der Waals surface area contributed by atoms with E-state index in [-0.39, 0.29) is 18.7 Å². The zero-order valence-electron chi connectivity index (χ0n) is 18.4. The number of hydrogen-bond donors (Lipinski definition) is 2. The number of fused-ring (bicyclic) bond motifs is 1. The molecule has 0 atom stereocenters. The highest BCUT2D eigenvalue weighted by Crippen LogP contribution is 2.28. The van der Waals surface area contributed by atoms with Gasteiger partial charge >= 0.3 is 5.97 Å². The number of benzene rings is 2. The number of nitrogens with one attached hydrogen (secondary N) is 2. The maximum atomic E-state index is 12.1. The summed E-state index contributed by atoms with van der Waals surface area (Å²) in [5.41, 5.74) is 3.98. The van der Waals surface area contributed by atoms with Gasteiger partial charge in [0.05, 0.1) is 19.2 Å². The van der Waals surface area contributed by atoms with Crippen LogP contribution in [0.4, 0.5) is 11.5 Å². The Morgan fingerprint density at radius 1 is 1.12 bits per heavy atom. The number of anilines is 2. The molecule has 0 saturated carbocycles. The van der Waals surface area contributed by atoms with E-state index >= 15 is 0 Å². The first-order valence-corrected chi connectivity index (χ1v) is 10.9. The summed E-state index contributed by atoms with van der Waals surface area (Å²) in [5.74, 6) is -0.000862. The lowest BCUT2D eigenvalue weighted by Gasteiger charge is -2.13. The molecule has 0 bridgehead atoms. The Bertz CT molecular complexity index is 1360. The van der Waals surface area contributed by atoms with Crippen LogP contribution in [0.15, 0.2) is 60.8 Å². The average Bonchev–Trinajstić information content (AvgIpc) is 3.22. The van der Waals surface area contributed by atoms with Crippen LogP contribution in [0.5, 0.6) is 0 Å². The fraction of sp³-hybridized carbons (Fsp3) is 0.167. The number of esters is 1. The van der Waals surface area contributed by atoms with Crippen molar-refractivity contribution < 1.29 is 14.3 Å². The molecule has 4 aromatic rings. The van der Waals surface area contributed by atoms with Crippen molar-refractivity contribution >= 4 is 53.9 Å². The molecule has 170 valence electrons. The molecule has 0 spiro atoms. The lowest BCUT2D eigenvalue weighted by Crippen LogP contribution is -2.14. The van der Waals surface area contributed by atoms with Gasteiger partial charge in [-0.1, -0.05) is 41.9 Å². The third kappa shape index (κ3) is 5.37. The molecule has 10 heteroatoms. The predicted molar refractivity (Wildman–Crippen MR) is 132 cm³/mol. The van der Waals surface area contributed by atoms with Crippen molar-refractivity contribution in [2.75, 3.05) is 17.7 Å². The number of methoxy groups -OCH3 is 1. The first-order valence-electron chi connectivity index (χ1n) is 10.5. The third-order valence-electron chi connectivity index (χ3n) is 5.12. The van der Waals surface area contributed by atoms with Crippen molar-refractivity contribution in [3.63, 3.8) is 0 Å². The molecule has 0 fully saturated rings. The Hall–Kier alpha value is -3.85. The molecule has 0 aliphatic heterocycles. The molecule has 2 N–H and O–H groups in total. The van der Waals surface area contributed by atoms with Crippen LogP contribution in [0.3, 0.4) is 0 Å². The van der Waals surface area contributed by atoms with Crippen LogP contribution in [0.2, 0.25) is 5.02 Å². The number of rotatable bonds is 8. The summed E-state index contributed by atoms with van der Waals surface area (Å²) >= 11 is 6.38. The zero-order chi connectivity index (χ0) is 24.1. The number of halogens is 1. The normalized spacial score (nSPS) is 10.8. The Balaban J connectivity index is 1.53. The molecule has 0 saturated heterocycles. The maximum absolute atomic E-state index is 12.1. The van der Waals surface area contributed by atoms with Crippen LogP contribution in [0.1, 0.15) is 18.4 Å². The standard InChI is InChI=1S/C24H21BClN5O3/c1-34-23(33)10-9-22(32)29-16-6-4-5-15(11-16)13-27-21-12-20(17-7-2-3-8-19(17)26)30-24-18(25)14-28-31(21)24/h2-8,11-12,14,27H,9-10,13H2,1H3,(H,29,32). The van der Waals surface area contributed by atoms with Crippen molar-refractivity contribution in [3.8, 4) is 11.3 Å². The number of aromatic nitrogens is 3. The van der Waals surface area contributed by atoms with E-state index in [0.29, 0.717) is 39.9 Å². The van der Waals surface area contributed by atoms with Crippen LogP contribution in [-0.2, 0) is 20.9 Å². The maximum Gasteiger partial charge on any atom is 0.306 e. The summed E-state index contributed by atoms with van der Waals surface area (Å²) < 4.78 is 6.20. The van der Waals surface area contributed by atoms with Crippen LogP contribution in [-0.4, -0.2) is 41.4 Å². The second-order valence-electron chi connectivity index (χ2n) is 7.52. The highest BCUT2D eigenvalue weighted by Gasteiger charge is 2.13. The van der Waals surface area contributed by atoms with Crippen molar-refractivity contribution in [3.05, 3.63) is 71.4 Å². The Labute approximate surface area is 202 Å². The summed E-state index contributed by atoms with van der Waals surface area (Å²) in [6.45, 7) is 0.451. The van der Waals surface area contributed by atoms with E-state index in [9.17, 15) is 9.59 Å². The van der Waals surface area contributed by atoms with E-state index in [1.807, 2.05) is 42.5 Å². The number of carbonyl (C=O) groups is 2. The molecule has 1 amide bonds. The van der Waals surface area contributed by atoms with E-state index in [1.54, 1.807) is 22.8 Å². The fourth-order valence-electron chi connectivity index (χ4n) is 3.41. The monoisotopic (exact) mass is 473 g/mol. The molecular weight excluding hydrogens is 453 g/mol. The smallest absolute Gasteiger partial charge is 0.306 e. The van der Waals surface area contributed by atoms with Crippen LogP contribution >= 0.6 is 11.6 Å². The number of hydrogen-bond acceptors (Lipinski definition) is 6. The van der Waals surface area contributed by atoms with Crippen LogP contribution < -0.4 is 16.1 Å². The molecule has 4 rings (SSSR count). The minimum absolute atomic E-state index is 0.0301. The molecular formula is C24H21BClN5O3. The summed E-state index contributed by atoms with van der Waals surface area (Å²) in [7, 11) is 7.37. The zero-order valence-corrected chi connectivity index (χ0v) is 19.2. The second-order valence-corrected chi connectivity index (χ2v) is 7.93. The molecule has 0 aliphatic carbocycles. The summed E-state index contributed by atoms with van der Waals surface area (Å²) in [4.78, 5) is 28.0. The van der Waals surface area contributed by atoms with Crippen molar-refractivity contribution in [1.82, 2.24) is 14.6 Å². The third-order valence-corrected chi connectivity index (χ3v) is 5.45. The van der Waals surface area contributed by atoms with Crippen molar-refractivity contribution in [2.24, 2.45) is 0 Å². The minimum atomic E-state index is -0.424. The van der Waals surface area contributed by atoms with E-state index in [2.05, 4.69) is 25.5 Å². The van der Waals surface area contributed by atoms with Gasteiger partial charge in [0.1, 0.15) is 13.7 Å². The van der Waals surface area contributed by atoms with Gasteiger partial charge in [-0.3, -0.25) is 9.59 Å². The first-order chi connectivity index (χ1) is 16.4. The van der Waals surface area contributed by atoms with Gasteiger partial charge in [0.15, 0.2) is 5.65 Å². The quantitative estimate of drug-likeness (QED) is 0.301. The van der Waals surface area contributed by atoms with Crippen molar-refractivity contribution in [2.45, 2.75) is 19.4 Å². The minimum Gasteiger partial charge on any atom is -0.469 e. The van der Waals surface area contributed by atoms with Gasteiger partial charge in [0.2, 0.25) is 5.91 Å². The topological polar surface area (TPSA) is 97.6 Å². The van der Waals surface area contributed by atoms with E-state index in [4.69, 9.17) is 19.4 Å². The summed E-state index contributed by atoms with van der Waals surface area (Å²) in [5, 5.41) is 11.1. The molecule has 8 nitrogen and oxygen atoms in total. The van der Waals surface area contributed by atoms with Gasteiger partial charge in [-0.2, -0.15) is 9.61 Å². The summed E-state index contributed by atoms with van der Waals surface area (Å²) in [6.07, 6.45) is 1.63. The number of ether oxygens (including phenoxy) is 1. The molecule has 0 aliphatic rings. The van der Waals surface area contributed by atoms with Gasteiger partial charge in [0, 0.05) is 41.5 Å². The lowest BCUT2D eigenvalue weighted by atomic mass is 10.0. The molecule has 2 heterocycles. The number of amides is 1. The largest absolute Gasteiger partial charge is 0.469 e. The Kier molecular flexibility index (Phi) is 7.13. The SMILES string of the molecule is [B]c1cnn2c(NCc3cccc(NC(=O)CCC(=O)OC)c3)cc(-c3ccccc3Cl)nc12. The van der Waals surface area contributed by atoms with E-state index in [0.717, 1.165) is 11.1 Å². The Morgan fingerprint density at radius 3 is 2.74 bits per heavy atom. The second kappa shape index (κ2) is 10.4. The van der Waals surface area contributed by atoms with E-state index < -0.39 is 5.97 Å². The molecule has 2 aromatic heterocycles. The first kappa shape index (κ1) is 23.3. The summed E-state index contributed by atoms with van der Waals surface area (Å²) in [6, 6.07) is 16.7. The van der Waals surface area contributed by atoms with Crippen LogP contribution in [0, 0.1) is 0 Å². The van der Waals surface area contributed by atoms with Crippen molar-refractivity contribution in [1.29, 1.82) is 0 Å². The number of carbonyl (C=O) groups excluding carboxylic acids is 2. The number of nitrogens with zero attached hydrogens (tertiary/aromatic N) is 3. The molecule has 34 heavy (non-hydrogen) atoms. The molecule has 0 unspecified atom stereocenters. The van der Waals surface area contributed by atoms with Gasteiger partial charge < -0.3 is 15.4 Å². The van der Waals surface area contributed by atoms with Gasteiger partial charge in [-0.15, -0.1) is 0 Å². The molecule has 2 aromatic carbocycles. The van der Waals surface area contributed by atoms with Gasteiger partial charge in [-0.25, -0.2) is 4.98 Å². The highest BCUT2D eigenvalue weighted by molar-refractivity contribution is 6.36. The highest BCUT2D eigenvalue weighted by atomic mass is 35.5. The molecule has 2 radical (unpaired) electrons. The predicted octanol–water partition coefficient (Wildman–Crippen LogP) is 3.35. The van der Waals surface area contributed by atoms with E-state index in [1.165, 1.54) is 7.11 Å².